The fraction of sp³-hybridized carbons (Fsp3) is 0.143. The molecule has 1 atom stereocenters. The second-order valence-corrected chi connectivity index (χ2v) is 6.67. The van der Waals surface area contributed by atoms with Gasteiger partial charge < -0.3 is 24.8 Å². The molecule has 3 N–H and O–H groups in total. The number of benzene rings is 2. The number of carboxylic acids is 1. The van der Waals surface area contributed by atoms with Gasteiger partial charge in [-0.05, 0) is 29.8 Å². The maximum Gasteiger partial charge on any atom is 0.339 e. The molecule has 0 fully saturated rings. The number of carbonyl (C=O) groups is 2. The maximum atomic E-state index is 14.5. The van der Waals surface area contributed by atoms with Gasteiger partial charge in [-0.15, -0.1) is 0 Å². The number of aromatic carboxylic acids is 1. The molecule has 7 nitrogen and oxygen atoms in total. The van der Waals surface area contributed by atoms with Crippen LogP contribution in [0.5, 0.6) is 11.5 Å². The van der Waals surface area contributed by atoms with E-state index in [1.165, 1.54) is 42.1 Å². The Morgan fingerprint density at radius 2 is 2.03 bits per heavy atom. The van der Waals surface area contributed by atoms with Crippen LogP contribution in [0.4, 0.5) is 10.1 Å². The van der Waals surface area contributed by atoms with E-state index in [1.54, 1.807) is 18.2 Å². The number of nitrogens with zero attached hydrogens (tertiary/aromatic N) is 1. The fourth-order valence-corrected chi connectivity index (χ4v) is 3.68. The zero-order chi connectivity index (χ0) is 20.7. The molecule has 1 amide bonds. The number of anilines is 1. The third-order valence-corrected chi connectivity index (χ3v) is 4.97. The summed E-state index contributed by atoms with van der Waals surface area (Å²) in [6.07, 6.45) is 1.31. The van der Waals surface area contributed by atoms with E-state index in [2.05, 4.69) is 5.32 Å². The molecule has 2 heterocycles. The smallest absolute Gasteiger partial charge is 0.339 e. The highest BCUT2D eigenvalue weighted by molar-refractivity contribution is 6.04. The molecule has 29 heavy (non-hydrogen) atoms. The van der Waals surface area contributed by atoms with Crippen molar-refractivity contribution < 1.29 is 28.9 Å². The standard InChI is InChI=1S/C21H17FN2O5/c1-29-17-7-6-11(8-16(17)25)12-9-18(26)23-19-13(21(27)28)10-24(20(12)19)15-5-3-2-4-14(15)22/h2-8,10,12,25H,9H2,1H3,(H,23,26)(H,27,28)/t12-/m0/s1. The monoisotopic (exact) mass is 396 g/mol. The van der Waals surface area contributed by atoms with Crippen LogP contribution in [0.25, 0.3) is 5.69 Å². The number of hydrogen-bond acceptors (Lipinski definition) is 4. The van der Waals surface area contributed by atoms with E-state index < -0.39 is 17.7 Å². The number of rotatable bonds is 4. The van der Waals surface area contributed by atoms with Crippen LogP contribution in [0.2, 0.25) is 0 Å². The lowest BCUT2D eigenvalue weighted by atomic mass is 9.88. The largest absolute Gasteiger partial charge is 0.504 e. The molecule has 8 heteroatoms. The predicted octanol–water partition coefficient (Wildman–Crippen LogP) is 3.50. The third-order valence-electron chi connectivity index (χ3n) is 4.97. The van der Waals surface area contributed by atoms with Gasteiger partial charge in [0.05, 0.1) is 24.2 Å². The van der Waals surface area contributed by atoms with Gasteiger partial charge in [-0.1, -0.05) is 18.2 Å². The quantitative estimate of drug-likeness (QED) is 0.627. The molecule has 3 aromatic rings. The number of aromatic nitrogens is 1. The molecule has 0 aliphatic carbocycles. The summed E-state index contributed by atoms with van der Waals surface area (Å²) in [6, 6.07) is 10.7. The molecule has 1 aliphatic heterocycles. The number of aromatic hydroxyl groups is 1. The number of nitrogens with one attached hydrogen (secondary N) is 1. The Balaban J connectivity index is 1.97. The number of phenolic OH excluding ortho intramolecular Hbond substituents is 1. The van der Waals surface area contributed by atoms with Gasteiger partial charge in [-0.3, -0.25) is 4.79 Å². The number of para-hydroxylation sites is 1. The van der Waals surface area contributed by atoms with Crippen LogP contribution in [0.1, 0.15) is 34.0 Å². The van der Waals surface area contributed by atoms with Gasteiger partial charge >= 0.3 is 5.97 Å². The highest BCUT2D eigenvalue weighted by Gasteiger charge is 2.35. The van der Waals surface area contributed by atoms with Crippen molar-refractivity contribution in [2.75, 3.05) is 12.4 Å². The summed E-state index contributed by atoms with van der Waals surface area (Å²) in [7, 11) is 1.42. The number of carbonyl (C=O) groups excluding carboxylic acids is 1. The summed E-state index contributed by atoms with van der Waals surface area (Å²) >= 11 is 0. The highest BCUT2D eigenvalue weighted by atomic mass is 19.1. The van der Waals surface area contributed by atoms with Crippen LogP contribution in [0.3, 0.4) is 0 Å². The minimum absolute atomic E-state index is 0.0102. The number of hydrogen-bond donors (Lipinski definition) is 3. The van der Waals surface area contributed by atoms with E-state index in [-0.39, 0.29) is 40.8 Å². The molecule has 0 spiro atoms. The van der Waals surface area contributed by atoms with Crippen molar-refractivity contribution in [3.05, 3.63) is 71.3 Å². The van der Waals surface area contributed by atoms with Gasteiger partial charge in [-0.2, -0.15) is 0 Å². The zero-order valence-electron chi connectivity index (χ0n) is 15.3. The summed E-state index contributed by atoms with van der Waals surface area (Å²) in [5, 5.41) is 22.4. The number of amides is 1. The number of phenols is 1. The minimum Gasteiger partial charge on any atom is -0.504 e. The Hall–Kier alpha value is -3.81. The summed E-state index contributed by atoms with van der Waals surface area (Å²) in [4.78, 5) is 24.1. The molecule has 0 saturated heterocycles. The molecule has 1 aliphatic rings. The average Bonchev–Trinajstić information content (AvgIpc) is 3.07. The lowest BCUT2D eigenvalue weighted by Crippen LogP contribution is -2.25. The molecule has 0 saturated carbocycles. The van der Waals surface area contributed by atoms with Gasteiger partial charge in [0, 0.05) is 18.5 Å². The number of carboxylic acid groups (broad SMARTS) is 1. The van der Waals surface area contributed by atoms with Crippen molar-refractivity contribution in [1.82, 2.24) is 4.57 Å². The molecule has 4 rings (SSSR count). The Morgan fingerprint density at radius 3 is 2.69 bits per heavy atom. The van der Waals surface area contributed by atoms with Gasteiger partial charge in [0.15, 0.2) is 11.5 Å². The van der Waals surface area contributed by atoms with E-state index in [4.69, 9.17) is 4.74 Å². The third kappa shape index (κ3) is 3.08. The Bertz CT molecular complexity index is 1140. The van der Waals surface area contributed by atoms with E-state index in [0.29, 0.717) is 11.3 Å². The Morgan fingerprint density at radius 1 is 1.28 bits per heavy atom. The minimum atomic E-state index is -1.24. The molecule has 148 valence electrons. The normalized spacial score (nSPS) is 15.5. The summed E-state index contributed by atoms with van der Waals surface area (Å²) < 4.78 is 21.0. The molecular formula is C21H17FN2O5. The number of ether oxygens (including phenoxy) is 1. The van der Waals surface area contributed by atoms with Crippen molar-refractivity contribution in [1.29, 1.82) is 0 Å². The maximum absolute atomic E-state index is 14.5. The van der Waals surface area contributed by atoms with Gasteiger partial charge in [0.25, 0.3) is 0 Å². The topological polar surface area (TPSA) is 101 Å². The van der Waals surface area contributed by atoms with Crippen LogP contribution >= 0.6 is 0 Å². The van der Waals surface area contributed by atoms with Gasteiger partial charge in [0.1, 0.15) is 11.4 Å². The molecule has 0 unspecified atom stereocenters. The van der Waals surface area contributed by atoms with E-state index in [0.717, 1.165) is 0 Å². The summed E-state index contributed by atoms with van der Waals surface area (Å²) in [6.45, 7) is 0. The second-order valence-electron chi connectivity index (χ2n) is 6.67. The zero-order valence-corrected chi connectivity index (χ0v) is 15.3. The first kappa shape index (κ1) is 18.5. The first-order valence-corrected chi connectivity index (χ1v) is 8.81. The van der Waals surface area contributed by atoms with Crippen molar-refractivity contribution in [3.63, 3.8) is 0 Å². The van der Waals surface area contributed by atoms with Gasteiger partial charge in [0.2, 0.25) is 5.91 Å². The van der Waals surface area contributed by atoms with Crippen LogP contribution in [-0.4, -0.2) is 33.8 Å². The number of halogens is 1. The molecule has 0 bridgehead atoms. The van der Waals surface area contributed by atoms with Crippen LogP contribution in [-0.2, 0) is 4.79 Å². The van der Waals surface area contributed by atoms with E-state index >= 15 is 0 Å². The molecule has 2 aromatic carbocycles. The van der Waals surface area contributed by atoms with Crippen LogP contribution in [0, 0.1) is 5.82 Å². The van der Waals surface area contributed by atoms with Crippen molar-refractivity contribution in [3.8, 4) is 17.2 Å². The molecular weight excluding hydrogens is 379 g/mol. The van der Waals surface area contributed by atoms with Crippen molar-refractivity contribution in [2.45, 2.75) is 12.3 Å². The first-order chi connectivity index (χ1) is 13.9. The SMILES string of the molecule is COc1ccc([C@@H]2CC(=O)Nc3c(C(=O)O)cn(-c4ccccc4F)c32)cc1O. The number of methoxy groups -OCH3 is 1. The van der Waals surface area contributed by atoms with Crippen molar-refractivity contribution >= 4 is 17.6 Å². The summed E-state index contributed by atoms with van der Waals surface area (Å²) in [5.74, 6) is -2.58. The van der Waals surface area contributed by atoms with Gasteiger partial charge in [-0.25, -0.2) is 9.18 Å². The Kier molecular flexibility index (Phi) is 4.46. The molecule has 1 aromatic heterocycles. The van der Waals surface area contributed by atoms with Crippen LogP contribution < -0.4 is 10.1 Å². The fourth-order valence-electron chi connectivity index (χ4n) is 3.68. The number of fused-ring (bicyclic) bond motifs is 1. The van der Waals surface area contributed by atoms with E-state index in [1.807, 2.05) is 0 Å². The second kappa shape index (κ2) is 6.97. The molecule has 0 radical (unpaired) electrons. The average molecular weight is 396 g/mol. The lowest BCUT2D eigenvalue weighted by Gasteiger charge is -2.26. The van der Waals surface area contributed by atoms with Crippen LogP contribution in [0.15, 0.2) is 48.7 Å². The van der Waals surface area contributed by atoms with E-state index in [9.17, 15) is 24.2 Å². The Labute approximate surface area is 165 Å². The van der Waals surface area contributed by atoms with Crippen molar-refractivity contribution in [2.24, 2.45) is 0 Å². The lowest BCUT2D eigenvalue weighted by molar-refractivity contribution is -0.116. The highest BCUT2D eigenvalue weighted by Crippen LogP contribution is 2.43. The summed E-state index contributed by atoms with van der Waals surface area (Å²) in [5.41, 5.74) is 1.15. The first-order valence-electron chi connectivity index (χ1n) is 8.81. The predicted molar refractivity (Wildman–Crippen MR) is 102 cm³/mol.